The van der Waals surface area contributed by atoms with Gasteiger partial charge in [0.1, 0.15) is 24.1 Å². The lowest BCUT2D eigenvalue weighted by Crippen LogP contribution is -2.63. The summed E-state index contributed by atoms with van der Waals surface area (Å²) in [6.45, 7) is 2.89. The molecule has 1 aliphatic heterocycles. The highest BCUT2D eigenvalue weighted by Gasteiger charge is 2.54. The number of hydrogen-bond donors (Lipinski definition) is 2. The fourth-order valence-electron chi connectivity index (χ4n) is 3.36. The van der Waals surface area contributed by atoms with Gasteiger partial charge in [0.25, 0.3) is 0 Å². The maximum Gasteiger partial charge on any atom is 0.357 e. The lowest BCUT2D eigenvalue weighted by Gasteiger charge is -2.43. The molecule has 0 bridgehead atoms. The van der Waals surface area contributed by atoms with E-state index in [1.165, 1.54) is 24.5 Å². The lowest BCUT2D eigenvalue weighted by atomic mass is 9.98. The largest absolute Gasteiger partial charge is 0.463 e. The van der Waals surface area contributed by atoms with Gasteiger partial charge in [-0.05, 0) is 24.3 Å². The number of carbonyl (C=O) groups excluding carboxylic acids is 5. The van der Waals surface area contributed by atoms with Crippen LogP contribution in [0, 0.1) is 0 Å². The topological polar surface area (TPSA) is 172 Å². The number of hydrogen-bond acceptors (Lipinski definition) is 11. The molecule has 0 radical (unpaired) electrons. The monoisotopic (exact) mass is 492 g/mol. The van der Waals surface area contributed by atoms with E-state index in [-0.39, 0.29) is 11.4 Å². The summed E-state index contributed by atoms with van der Waals surface area (Å²) in [6.07, 6.45) is -4.33. The number of carbonyl (C=O) groups is 5. The van der Waals surface area contributed by atoms with E-state index in [0.717, 1.165) is 20.8 Å². The summed E-state index contributed by atoms with van der Waals surface area (Å²) < 4.78 is 32.3. The number of H-pyrrole nitrogens is 2. The fraction of sp³-hybridized carbons (Fsp3) is 0.409. The highest BCUT2D eigenvalue weighted by Crippen LogP contribution is 2.30. The quantitative estimate of drug-likeness (QED) is 0.396. The Bertz CT molecular complexity index is 1050. The minimum absolute atomic E-state index is 0.0482. The van der Waals surface area contributed by atoms with Crippen molar-refractivity contribution in [2.45, 2.75) is 51.5 Å². The van der Waals surface area contributed by atoms with Crippen molar-refractivity contribution in [3.63, 3.8) is 0 Å². The van der Waals surface area contributed by atoms with Gasteiger partial charge in [0.05, 0.1) is 0 Å². The fourth-order valence-corrected chi connectivity index (χ4v) is 3.36. The van der Waals surface area contributed by atoms with Crippen LogP contribution in [0.4, 0.5) is 0 Å². The molecule has 5 atom stereocenters. The van der Waals surface area contributed by atoms with Gasteiger partial charge in [0.15, 0.2) is 12.2 Å². The van der Waals surface area contributed by atoms with Gasteiger partial charge in [-0.25, -0.2) is 9.59 Å². The molecular formula is C22H24N2O11. The maximum absolute atomic E-state index is 12.7. The van der Waals surface area contributed by atoms with Gasteiger partial charge in [-0.1, -0.05) is 0 Å². The number of rotatable bonds is 8. The van der Waals surface area contributed by atoms with Crippen LogP contribution in [0.3, 0.4) is 0 Å². The molecule has 13 heteroatoms. The molecular weight excluding hydrogens is 468 g/mol. The average molecular weight is 492 g/mol. The van der Waals surface area contributed by atoms with Crippen LogP contribution >= 0.6 is 0 Å². The second-order valence-electron chi connectivity index (χ2n) is 7.44. The first-order valence-corrected chi connectivity index (χ1v) is 10.5. The van der Waals surface area contributed by atoms with Gasteiger partial charge in [-0.15, -0.1) is 0 Å². The predicted molar refractivity (Wildman–Crippen MR) is 113 cm³/mol. The molecule has 0 aromatic carbocycles. The molecule has 0 amide bonds. The SMILES string of the molecule is CC(=O)OC[C@H]1O[C@@H](OC(=O)c2ccc[nH]2)[C@H](OC(=O)c2ccc[nH]2)[C@@H](OC(C)=O)[C@@H]1OC(C)=O. The van der Waals surface area contributed by atoms with Crippen molar-refractivity contribution in [1.82, 2.24) is 9.97 Å². The molecule has 0 saturated carbocycles. The predicted octanol–water partition coefficient (Wildman–Crippen LogP) is 0.877. The zero-order chi connectivity index (χ0) is 25.5. The Morgan fingerprint density at radius 3 is 1.77 bits per heavy atom. The Balaban J connectivity index is 1.98. The summed E-state index contributed by atoms with van der Waals surface area (Å²) in [5.41, 5.74) is 0.109. The summed E-state index contributed by atoms with van der Waals surface area (Å²) in [5.74, 6) is -4.02. The molecule has 2 N–H and O–H groups in total. The standard InChI is InChI=1S/C22H24N2O11/c1-11(25)30-10-16-17(31-12(2)26)18(32-13(3)27)19(34-20(28)14-6-4-8-23-14)22(33-16)35-21(29)15-7-5-9-24-15/h4-9,16-19,22-24H,10H2,1-3H3/t16-,17-,18+,19-,22+/m1/s1. The van der Waals surface area contributed by atoms with Crippen molar-refractivity contribution in [3.05, 3.63) is 48.0 Å². The van der Waals surface area contributed by atoms with Gasteiger partial charge in [0, 0.05) is 33.2 Å². The van der Waals surface area contributed by atoms with Crippen LogP contribution in [-0.2, 0) is 42.8 Å². The summed E-state index contributed by atoms with van der Waals surface area (Å²) in [4.78, 5) is 65.9. The van der Waals surface area contributed by atoms with E-state index in [1.54, 1.807) is 12.1 Å². The van der Waals surface area contributed by atoms with E-state index >= 15 is 0 Å². The van der Waals surface area contributed by atoms with Crippen LogP contribution in [-0.4, -0.2) is 77.1 Å². The van der Waals surface area contributed by atoms with Crippen LogP contribution in [0.15, 0.2) is 36.7 Å². The molecule has 1 saturated heterocycles. The summed E-state index contributed by atoms with van der Waals surface area (Å²) in [5, 5.41) is 0. The summed E-state index contributed by atoms with van der Waals surface area (Å²) in [7, 11) is 0. The zero-order valence-corrected chi connectivity index (χ0v) is 19.0. The van der Waals surface area contributed by atoms with Crippen molar-refractivity contribution in [2.24, 2.45) is 0 Å². The molecule has 0 unspecified atom stereocenters. The first kappa shape index (κ1) is 25.5. The van der Waals surface area contributed by atoms with Gasteiger partial charge in [-0.2, -0.15) is 0 Å². The van der Waals surface area contributed by atoms with Crippen molar-refractivity contribution < 1.29 is 52.4 Å². The molecule has 1 fully saturated rings. The van der Waals surface area contributed by atoms with E-state index in [4.69, 9.17) is 28.4 Å². The Kier molecular flexibility index (Phi) is 8.25. The second kappa shape index (κ2) is 11.3. The first-order valence-electron chi connectivity index (χ1n) is 10.5. The minimum Gasteiger partial charge on any atom is -0.463 e. The number of nitrogens with one attached hydrogen (secondary N) is 2. The van der Waals surface area contributed by atoms with Crippen LogP contribution in [0.1, 0.15) is 41.7 Å². The zero-order valence-electron chi connectivity index (χ0n) is 19.0. The van der Waals surface area contributed by atoms with Crippen molar-refractivity contribution in [1.29, 1.82) is 0 Å². The normalized spacial score (nSPS) is 23.6. The third kappa shape index (κ3) is 6.69. The molecule has 35 heavy (non-hydrogen) atoms. The van der Waals surface area contributed by atoms with Crippen molar-refractivity contribution in [2.75, 3.05) is 6.61 Å². The summed E-state index contributed by atoms with van der Waals surface area (Å²) in [6, 6.07) is 5.98. The van der Waals surface area contributed by atoms with Gasteiger partial charge < -0.3 is 38.4 Å². The Labute approximate surface area is 198 Å². The van der Waals surface area contributed by atoms with Crippen LogP contribution < -0.4 is 0 Å². The average Bonchev–Trinajstić information content (AvgIpc) is 3.50. The molecule has 188 valence electrons. The molecule has 0 spiro atoms. The molecule has 3 heterocycles. The second-order valence-corrected chi connectivity index (χ2v) is 7.44. The Morgan fingerprint density at radius 2 is 1.29 bits per heavy atom. The Morgan fingerprint density at radius 1 is 0.743 bits per heavy atom. The number of esters is 5. The highest BCUT2D eigenvalue weighted by atomic mass is 16.7. The lowest BCUT2D eigenvalue weighted by molar-refractivity contribution is -0.291. The van der Waals surface area contributed by atoms with E-state index < -0.39 is 67.2 Å². The molecule has 2 aromatic rings. The molecule has 1 aliphatic rings. The smallest absolute Gasteiger partial charge is 0.357 e. The molecule has 3 rings (SSSR count). The number of ether oxygens (including phenoxy) is 6. The molecule has 2 aromatic heterocycles. The van der Waals surface area contributed by atoms with E-state index in [0.29, 0.717) is 0 Å². The number of aromatic nitrogens is 2. The van der Waals surface area contributed by atoms with E-state index in [1.807, 2.05) is 0 Å². The maximum atomic E-state index is 12.7. The van der Waals surface area contributed by atoms with Crippen molar-refractivity contribution in [3.8, 4) is 0 Å². The van der Waals surface area contributed by atoms with E-state index in [9.17, 15) is 24.0 Å². The summed E-state index contributed by atoms with van der Waals surface area (Å²) >= 11 is 0. The molecule has 13 nitrogen and oxygen atoms in total. The van der Waals surface area contributed by atoms with E-state index in [2.05, 4.69) is 9.97 Å². The van der Waals surface area contributed by atoms with Gasteiger partial charge in [0.2, 0.25) is 12.4 Å². The number of aromatic amines is 2. The van der Waals surface area contributed by atoms with Crippen molar-refractivity contribution >= 4 is 29.8 Å². The third-order valence-electron chi connectivity index (χ3n) is 4.75. The van der Waals surface area contributed by atoms with Gasteiger partial charge >= 0.3 is 29.8 Å². The third-order valence-corrected chi connectivity index (χ3v) is 4.75. The molecule has 0 aliphatic carbocycles. The highest BCUT2D eigenvalue weighted by molar-refractivity contribution is 5.88. The van der Waals surface area contributed by atoms with Gasteiger partial charge in [-0.3, -0.25) is 14.4 Å². The van der Waals surface area contributed by atoms with Crippen LogP contribution in [0.25, 0.3) is 0 Å². The first-order chi connectivity index (χ1) is 16.7. The minimum atomic E-state index is -1.64. The van der Waals surface area contributed by atoms with Crippen LogP contribution in [0.5, 0.6) is 0 Å². The van der Waals surface area contributed by atoms with Crippen LogP contribution in [0.2, 0.25) is 0 Å². The Hall–Kier alpha value is -4.13.